The van der Waals surface area contributed by atoms with Crippen LogP contribution in [0.3, 0.4) is 0 Å². The van der Waals surface area contributed by atoms with Gasteiger partial charge in [-0.15, -0.1) is 0 Å². The van der Waals surface area contributed by atoms with E-state index in [4.69, 9.17) is 0 Å². The predicted molar refractivity (Wildman–Crippen MR) is 357 cm³/mol. The Morgan fingerprint density at radius 1 is 0.364 bits per heavy atom. The fourth-order valence-corrected chi connectivity index (χ4v) is 16.3. The Labute approximate surface area is 504 Å². The molecule has 0 radical (unpaired) electrons. The van der Waals surface area contributed by atoms with Crippen molar-refractivity contribution in [2.75, 3.05) is 4.90 Å². The highest BCUT2D eigenvalue weighted by Gasteiger charge is 2.46. The van der Waals surface area contributed by atoms with Gasteiger partial charge in [0, 0.05) is 72.1 Å². The Hall–Kier alpha value is -12.1. The van der Waals surface area contributed by atoms with Crippen molar-refractivity contribution in [1.82, 2.24) is 13.7 Å². The van der Waals surface area contributed by atoms with E-state index in [2.05, 4.69) is 232 Å². The normalized spacial score (nSPS) is 14.9. The van der Waals surface area contributed by atoms with Gasteiger partial charge in [0.1, 0.15) is 0 Å². The fraction of sp³-hybridized carbons (Fsp3) is 0.0380. The first-order chi connectivity index (χ1) is 43.4. The summed E-state index contributed by atoms with van der Waals surface area (Å²) in [6.45, 7) is 1.99. The molecule has 8 nitrogen and oxygen atoms in total. The summed E-state index contributed by atoms with van der Waals surface area (Å²) < 4.78 is 7.22. The number of aryl methyl sites for hydroxylation is 1. The lowest BCUT2D eigenvalue weighted by atomic mass is 9.30. The standard InChI is InChI=1S/C79H43BN8/c1-44-34-59-57-36-67-73(53-10-2-6-14-63(53)85(67)49-26-18-45(40-81)19-27-49)77-71(57)61(38-69-75(77)55-12-4-8-16-65(55)87(69)51-30-22-47(42-83)23-31-51)80-62-39-70-76(56-13-5-9-17-66(56)88(70)52-32-24-48(43-84)25-33-52)78-72(62)58(60(35-44)79(59)80)37-68-74(78)54-11-3-7-15-64(54)86(68)50-28-20-46(41-82)21-29-50/h2-39,55,65H,1H3. The van der Waals surface area contributed by atoms with Crippen LogP contribution in [0.4, 0.5) is 11.4 Å². The monoisotopic (exact) mass is 1110 g/mol. The molecule has 4 aliphatic rings. The zero-order valence-corrected chi connectivity index (χ0v) is 47.2. The topological polar surface area (TPSA) is 113 Å². The quantitative estimate of drug-likeness (QED) is 0.163. The Morgan fingerprint density at radius 2 is 0.761 bits per heavy atom. The van der Waals surface area contributed by atoms with E-state index in [-0.39, 0.29) is 18.7 Å². The minimum absolute atomic E-state index is 0.0189. The first kappa shape index (κ1) is 48.3. The number of hydrogen-bond acceptors (Lipinski definition) is 5. The lowest BCUT2D eigenvalue weighted by Crippen LogP contribution is -2.57. The summed E-state index contributed by atoms with van der Waals surface area (Å²) in [6.07, 6.45) is 9.13. The van der Waals surface area contributed by atoms with Gasteiger partial charge in [-0.2, -0.15) is 21.0 Å². The summed E-state index contributed by atoms with van der Waals surface area (Å²) in [5.74, 6) is -0.0189. The summed E-state index contributed by atoms with van der Waals surface area (Å²) in [5.41, 5.74) is 24.8. The van der Waals surface area contributed by atoms with Crippen LogP contribution in [0.15, 0.2) is 231 Å². The molecule has 6 heterocycles. The second-order valence-corrected chi connectivity index (χ2v) is 24.0. The van der Waals surface area contributed by atoms with Gasteiger partial charge in [-0.3, -0.25) is 0 Å². The largest absolute Gasteiger partial charge is 0.333 e. The van der Waals surface area contributed by atoms with Crippen LogP contribution < -0.4 is 21.3 Å². The van der Waals surface area contributed by atoms with E-state index >= 15 is 0 Å². The SMILES string of the molecule is Cc1cc2c3c(c1)-c1cc4c(c5ccccc5n4-c4ccc(C#N)cc4)c4c1c(cc1c4c4ccccc4n1-c1ccc(C#N)cc1)B3c1cc3c(c4c1c-2cc1c4c2ccccc2n1-c1ccc(C#N)cc1)C1C=CC=CC1N3c1ccc(C#N)cc1. The fourth-order valence-electron chi connectivity index (χ4n) is 16.3. The third kappa shape index (κ3) is 6.18. The first-order valence-electron chi connectivity index (χ1n) is 29.7. The molecule has 12 aromatic carbocycles. The molecule has 0 amide bonds. The molecule has 9 heteroatoms. The molecule has 0 N–H and O–H groups in total. The highest BCUT2D eigenvalue weighted by molar-refractivity contribution is 7.02. The van der Waals surface area contributed by atoms with Crippen LogP contribution in [-0.4, -0.2) is 26.5 Å². The number of nitrogens with zero attached hydrogens (tertiary/aromatic N) is 8. The summed E-state index contributed by atoms with van der Waals surface area (Å²) in [7, 11) is 0. The zero-order chi connectivity index (χ0) is 58.4. The predicted octanol–water partition coefficient (Wildman–Crippen LogP) is 16.3. The number of rotatable bonds is 4. The lowest BCUT2D eigenvalue weighted by molar-refractivity contribution is 0.747. The summed E-state index contributed by atoms with van der Waals surface area (Å²) >= 11 is 0. The molecule has 402 valence electrons. The van der Waals surface area contributed by atoms with Crippen molar-refractivity contribution in [3.05, 3.63) is 264 Å². The highest BCUT2D eigenvalue weighted by Crippen LogP contribution is 2.56. The smallest absolute Gasteiger partial charge is 0.244 e. The van der Waals surface area contributed by atoms with E-state index in [0.29, 0.717) is 22.3 Å². The van der Waals surface area contributed by atoms with E-state index in [1.54, 1.807) is 0 Å². The van der Waals surface area contributed by atoms with Crippen LogP contribution in [0.1, 0.15) is 39.3 Å². The van der Waals surface area contributed by atoms with Crippen LogP contribution in [-0.2, 0) is 0 Å². The molecule has 2 atom stereocenters. The molecule has 0 saturated carbocycles. The maximum absolute atomic E-state index is 10.1. The number of allylic oxidation sites excluding steroid dienone is 2. The van der Waals surface area contributed by atoms with Gasteiger partial charge >= 0.3 is 0 Å². The zero-order valence-electron chi connectivity index (χ0n) is 47.2. The number of fused-ring (bicyclic) bond motifs is 20. The first-order valence-corrected chi connectivity index (χ1v) is 29.7. The van der Waals surface area contributed by atoms with Gasteiger partial charge in [-0.1, -0.05) is 107 Å². The number of hydrogen-bond donors (Lipinski definition) is 0. The van der Waals surface area contributed by atoms with Crippen molar-refractivity contribution in [2.45, 2.75) is 18.9 Å². The third-order valence-electron chi connectivity index (χ3n) is 19.6. The van der Waals surface area contributed by atoms with Crippen molar-refractivity contribution in [1.29, 1.82) is 21.0 Å². The van der Waals surface area contributed by atoms with Crippen LogP contribution in [0.5, 0.6) is 0 Å². The maximum atomic E-state index is 10.1. The van der Waals surface area contributed by atoms with E-state index in [0.717, 1.165) is 99.6 Å². The molecule has 15 aromatic rings. The maximum Gasteiger partial charge on any atom is 0.244 e. The summed E-state index contributed by atoms with van der Waals surface area (Å²) in [4.78, 5) is 2.53. The van der Waals surface area contributed by atoms with Gasteiger partial charge in [0.15, 0.2) is 0 Å². The van der Waals surface area contributed by atoms with Gasteiger partial charge < -0.3 is 18.6 Å². The molecule has 3 aliphatic heterocycles. The van der Waals surface area contributed by atoms with Crippen LogP contribution in [0, 0.1) is 52.2 Å². The number of aromatic nitrogens is 3. The van der Waals surface area contributed by atoms with Crippen molar-refractivity contribution in [3.63, 3.8) is 0 Å². The third-order valence-corrected chi connectivity index (χ3v) is 19.6. The number of nitriles is 4. The average Bonchev–Trinajstić information content (AvgIpc) is 1.35. The minimum atomic E-state index is -0.261. The van der Waals surface area contributed by atoms with Crippen molar-refractivity contribution < 1.29 is 0 Å². The molecule has 0 saturated heterocycles. The molecular weight excluding hydrogens is 1070 g/mol. The lowest BCUT2D eigenvalue weighted by Gasteiger charge is -2.36. The Morgan fingerprint density at radius 3 is 1.23 bits per heavy atom. The molecule has 3 aromatic heterocycles. The van der Waals surface area contributed by atoms with Crippen LogP contribution in [0.2, 0.25) is 0 Å². The van der Waals surface area contributed by atoms with E-state index in [1.807, 2.05) is 48.5 Å². The number of para-hydroxylation sites is 3. The van der Waals surface area contributed by atoms with Gasteiger partial charge in [0.25, 0.3) is 0 Å². The Balaban J connectivity index is 1.04. The Kier molecular flexibility index (Phi) is 9.59. The summed E-state index contributed by atoms with van der Waals surface area (Å²) in [5, 5.41) is 52.2. The van der Waals surface area contributed by atoms with E-state index in [1.165, 1.54) is 65.6 Å². The number of benzene rings is 12. The second kappa shape index (κ2) is 17.5. The molecule has 2 unspecified atom stereocenters. The van der Waals surface area contributed by atoms with Crippen molar-refractivity contribution in [2.24, 2.45) is 0 Å². The van der Waals surface area contributed by atoms with Crippen LogP contribution in [0.25, 0.3) is 126 Å². The van der Waals surface area contributed by atoms with E-state index in [9.17, 15) is 21.0 Å². The molecule has 1 aliphatic carbocycles. The van der Waals surface area contributed by atoms with Crippen molar-refractivity contribution >= 4 is 121 Å². The molecule has 88 heavy (non-hydrogen) atoms. The molecule has 19 rings (SSSR count). The van der Waals surface area contributed by atoms with Crippen LogP contribution >= 0.6 is 0 Å². The van der Waals surface area contributed by atoms with E-state index < -0.39 is 0 Å². The molecule has 0 spiro atoms. The van der Waals surface area contributed by atoms with Gasteiger partial charge in [0.05, 0.1) is 85.7 Å². The molecule has 0 fully saturated rings. The average molecular weight is 1120 g/mol. The van der Waals surface area contributed by atoms with Gasteiger partial charge in [-0.05, 0) is 196 Å². The van der Waals surface area contributed by atoms with Crippen molar-refractivity contribution in [3.8, 4) is 63.6 Å². The minimum Gasteiger partial charge on any atom is -0.333 e. The summed E-state index contributed by atoms with van der Waals surface area (Å²) in [6, 6.07) is 82.8. The van der Waals surface area contributed by atoms with Gasteiger partial charge in [0.2, 0.25) is 6.71 Å². The van der Waals surface area contributed by atoms with Gasteiger partial charge in [-0.25, -0.2) is 0 Å². The Bertz CT molecular complexity index is 5970. The number of anilines is 2. The molecule has 0 bridgehead atoms. The second-order valence-electron chi connectivity index (χ2n) is 24.0. The highest BCUT2D eigenvalue weighted by atomic mass is 15.2. The molecular formula is C79H43BN8.